The fourth-order valence-corrected chi connectivity index (χ4v) is 1.12. The van der Waals surface area contributed by atoms with Crippen LogP contribution in [-0.4, -0.2) is 5.91 Å². The van der Waals surface area contributed by atoms with E-state index in [1.807, 2.05) is 0 Å². The summed E-state index contributed by atoms with van der Waals surface area (Å²) in [6, 6.07) is 2.76. The fraction of sp³-hybridized carbons (Fsp3) is 0.364. The molecule has 6 heteroatoms. The third-order valence-corrected chi connectivity index (χ3v) is 2.09. The highest BCUT2D eigenvalue weighted by Gasteiger charge is 2.35. The van der Waals surface area contributed by atoms with Crippen LogP contribution in [0.15, 0.2) is 18.2 Å². The zero-order valence-electron chi connectivity index (χ0n) is 9.23. The third-order valence-electron chi connectivity index (χ3n) is 2.09. The Morgan fingerprint density at radius 1 is 1.29 bits per heavy atom. The fourth-order valence-electron chi connectivity index (χ4n) is 1.12. The molecule has 0 aliphatic rings. The normalized spacial score (nSPS) is 11.7. The summed E-state index contributed by atoms with van der Waals surface area (Å²) in [7, 11) is 0. The molecule has 0 saturated carbocycles. The van der Waals surface area contributed by atoms with Crippen LogP contribution in [0.1, 0.15) is 19.4 Å². The van der Waals surface area contributed by atoms with E-state index in [0.29, 0.717) is 6.07 Å². The van der Waals surface area contributed by atoms with Crippen LogP contribution in [0.4, 0.5) is 23.2 Å². The number of anilines is 1. The summed E-state index contributed by atoms with van der Waals surface area (Å²) in [5.74, 6) is -2.44. The molecular weight excluding hydrogens is 238 g/mol. The first-order valence-corrected chi connectivity index (χ1v) is 4.90. The average Bonchev–Trinajstić information content (AvgIpc) is 2.19. The van der Waals surface area contributed by atoms with E-state index in [0.717, 1.165) is 12.1 Å². The van der Waals surface area contributed by atoms with Crippen molar-refractivity contribution in [3.05, 3.63) is 29.6 Å². The van der Waals surface area contributed by atoms with E-state index in [1.54, 1.807) is 13.8 Å². The topological polar surface area (TPSA) is 29.1 Å². The highest BCUT2D eigenvalue weighted by atomic mass is 19.4. The zero-order chi connectivity index (χ0) is 13.2. The largest absolute Gasteiger partial charge is 0.419 e. The molecule has 1 aromatic rings. The molecule has 0 saturated heterocycles. The van der Waals surface area contributed by atoms with Gasteiger partial charge in [0.25, 0.3) is 0 Å². The van der Waals surface area contributed by atoms with Crippen LogP contribution in [0.25, 0.3) is 0 Å². The quantitative estimate of drug-likeness (QED) is 0.799. The first-order valence-electron chi connectivity index (χ1n) is 4.90. The average molecular weight is 249 g/mol. The summed E-state index contributed by atoms with van der Waals surface area (Å²) in [4.78, 5) is 11.3. The van der Waals surface area contributed by atoms with Gasteiger partial charge in [-0.25, -0.2) is 4.39 Å². The molecule has 0 fully saturated rings. The molecule has 0 unspecified atom stereocenters. The number of alkyl halides is 3. The summed E-state index contributed by atoms with van der Waals surface area (Å²) in [6.07, 6.45) is -4.78. The van der Waals surface area contributed by atoms with E-state index in [-0.39, 0.29) is 0 Å². The number of halogens is 4. The van der Waals surface area contributed by atoms with E-state index >= 15 is 0 Å². The molecule has 0 aliphatic heterocycles. The number of hydrogen-bond donors (Lipinski definition) is 1. The van der Waals surface area contributed by atoms with Gasteiger partial charge in [-0.1, -0.05) is 19.9 Å². The second-order valence-electron chi connectivity index (χ2n) is 3.81. The van der Waals surface area contributed by atoms with Gasteiger partial charge in [-0.2, -0.15) is 13.2 Å². The molecule has 0 aliphatic carbocycles. The van der Waals surface area contributed by atoms with Crippen LogP contribution in [-0.2, 0) is 11.0 Å². The molecule has 1 aromatic carbocycles. The van der Waals surface area contributed by atoms with Crippen LogP contribution in [0.2, 0.25) is 0 Å². The van der Waals surface area contributed by atoms with Crippen molar-refractivity contribution >= 4 is 11.6 Å². The highest BCUT2D eigenvalue weighted by molar-refractivity contribution is 5.92. The monoisotopic (exact) mass is 249 g/mol. The molecule has 17 heavy (non-hydrogen) atoms. The zero-order valence-corrected chi connectivity index (χ0v) is 9.23. The van der Waals surface area contributed by atoms with Crippen molar-refractivity contribution in [2.45, 2.75) is 20.0 Å². The molecule has 0 radical (unpaired) electrons. The molecule has 94 valence electrons. The van der Waals surface area contributed by atoms with Crippen LogP contribution in [0, 0.1) is 11.7 Å². The molecule has 0 heterocycles. The minimum atomic E-state index is -4.78. The van der Waals surface area contributed by atoms with Crippen molar-refractivity contribution in [3.8, 4) is 0 Å². The van der Waals surface area contributed by atoms with Gasteiger partial charge in [-0.3, -0.25) is 4.79 Å². The second-order valence-corrected chi connectivity index (χ2v) is 3.81. The minimum absolute atomic E-state index is 0.441. The number of rotatable bonds is 2. The lowest BCUT2D eigenvalue weighted by Gasteiger charge is -2.12. The van der Waals surface area contributed by atoms with E-state index < -0.39 is 35.1 Å². The predicted molar refractivity (Wildman–Crippen MR) is 54.9 cm³/mol. The first kappa shape index (κ1) is 13.5. The Hall–Kier alpha value is -1.59. The van der Waals surface area contributed by atoms with Crippen LogP contribution < -0.4 is 5.32 Å². The van der Waals surface area contributed by atoms with Crippen molar-refractivity contribution in [3.63, 3.8) is 0 Å². The smallest absolute Gasteiger partial charge is 0.323 e. The molecule has 1 rings (SSSR count). The lowest BCUT2D eigenvalue weighted by molar-refractivity contribution is -0.140. The summed E-state index contributed by atoms with van der Waals surface area (Å²) >= 11 is 0. The van der Waals surface area contributed by atoms with Gasteiger partial charge in [0.2, 0.25) is 5.91 Å². The van der Waals surface area contributed by atoms with Crippen molar-refractivity contribution < 1.29 is 22.4 Å². The number of benzene rings is 1. The highest BCUT2D eigenvalue weighted by Crippen LogP contribution is 2.33. The maximum Gasteiger partial charge on any atom is 0.419 e. The maximum absolute atomic E-state index is 13.5. The van der Waals surface area contributed by atoms with Gasteiger partial charge >= 0.3 is 6.18 Å². The Kier molecular flexibility index (Phi) is 3.75. The Morgan fingerprint density at radius 2 is 1.88 bits per heavy atom. The molecule has 1 N–H and O–H groups in total. The Balaban J connectivity index is 3.07. The van der Waals surface area contributed by atoms with Gasteiger partial charge in [0.05, 0.1) is 11.3 Å². The summed E-state index contributed by atoms with van der Waals surface area (Å²) in [5.41, 5.74) is -1.85. The summed E-state index contributed by atoms with van der Waals surface area (Å²) in [5, 5.41) is 2.11. The second kappa shape index (κ2) is 4.73. The SMILES string of the molecule is CC(C)C(=O)Nc1cccc(C(F)(F)F)c1F. The van der Waals surface area contributed by atoms with Crippen molar-refractivity contribution in [1.29, 1.82) is 0 Å². The number of nitrogens with one attached hydrogen (secondary N) is 1. The summed E-state index contributed by atoms with van der Waals surface area (Å²) < 4.78 is 50.6. The Morgan fingerprint density at radius 3 is 2.35 bits per heavy atom. The maximum atomic E-state index is 13.5. The lowest BCUT2D eigenvalue weighted by atomic mass is 10.1. The van der Waals surface area contributed by atoms with Crippen molar-refractivity contribution in [2.75, 3.05) is 5.32 Å². The lowest BCUT2D eigenvalue weighted by Crippen LogP contribution is -2.19. The minimum Gasteiger partial charge on any atom is -0.323 e. The Bertz CT molecular complexity index is 426. The molecule has 2 nitrogen and oxygen atoms in total. The number of hydrogen-bond acceptors (Lipinski definition) is 1. The summed E-state index contributed by atoms with van der Waals surface area (Å²) in [6.45, 7) is 3.11. The first-order chi connectivity index (χ1) is 7.73. The van der Waals surface area contributed by atoms with Gasteiger partial charge in [0.15, 0.2) is 5.82 Å². The van der Waals surface area contributed by atoms with Gasteiger partial charge in [-0.05, 0) is 12.1 Å². The van der Waals surface area contributed by atoms with Gasteiger partial charge in [0, 0.05) is 5.92 Å². The number of carbonyl (C=O) groups excluding carboxylic acids is 1. The predicted octanol–water partition coefficient (Wildman–Crippen LogP) is 3.44. The van der Waals surface area contributed by atoms with E-state index in [4.69, 9.17) is 0 Å². The van der Waals surface area contributed by atoms with E-state index in [2.05, 4.69) is 5.32 Å². The van der Waals surface area contributed by atoms with Crippen LogP contribution >= 0.6 is 0 Å². The van der Waals surface area contributed by atoms with Gasteiger partial charge in [-0.15, -0.1) is 0 Å². The molecule has 0 bridgehead atoms. The molecule has 1 amide bonds. The van der Waals surface area contributed by atoms with Gasteiger partial charge in [0.1, 0.15) is 0 Å². The van der Waals surface area contributed by atoms with Crippen molar-refractivity contribution in [2.24, 2.45) is 5.92 Å². The van der Waals surface area contributed by atoms with E-state index in [1.165, 1.54) is 0 Å². The Labute approximate surface area is 95.6 Å². The van der Waals surface area contributed by atoms with Crippen LogP contribution in [0.3, 0.4) is 0 Å². The standard InChI is InChI=1S/C11H11F4NO/c1-6(2)10(17)16-8-5-3-4-7(9(8)12)11(13,14)15/h3-6H,1-2H3,(H,16,17). The molecule has 0 atom stereocenters. The molecule has 0 aromatic heterocycles. The van der Waals surface area contributed by atoms with Crippen molar-refractivity contribution in [1.82, 2.24) is 0 Å². The molecular formula is C11H11F4NO. The number of amides is 1. The van der Waals surface area contributed by atoms with E-state index in [9.17, 15) is 22.4 Å². The third kappa shape index (κ3) is 3.18. The molecule has 0 spiro atoms. The van der Waals surface area contributed by atoms with Crippen LogP contribution in [0.5, 0.6) is 0 Å². The van der Waals surface area contributed by atoms with Gasteiger partial charge < -0.3 is 5.32 Å². The number of carbonyl (C=O) groups is 1.